The fourth-order valence-electron chi connectivity index (χ4n) is 5.73. The van der Waals surface area contributed by atoms with Crippen LogP contribution in [0.15, 0.2) is 12.2 Å². The number of carbonyl (C=O) groups excluding carboxylic acids is 4. The molecule has 2 heterocycles. The fourth-order valence-corrected chi connectivity index (χ4v) is 5.73. The molecule has 1 saturated carbocycles. The molecule has 0 unspecified atom stereocenters. The van der Waals surface area contributed by atoms with Crippen LogP contribution in [0.5, 0.6) is 0 Å². The van der Waals surface area contributed by atoms with Gasteiger partial charge in [0, 0.05) is 21.7 Å². The van der Waals surface area contributed by atoms with E-state index in [0.29, 0.717) is 19.4 Å². The van der Waals surface area contributed by atoms with E-state index in [1.807, 2.05) is 6.07 Å². The molecule has 2 aliphatic heterocycles. The number of nitriles is 1. The number of likely N-dealkylation sites (tertiary alicyclic amines) is 1. The number of rotatable bonds is 6. The highest BCUT2D eigenvalue weighted by Crippen LogP contribution is 2.54. The summed E-state index contributed by atoms with van der Waals surface area (Å²) in [5.74, 6) is -9.50. The molecule has 2 saturated heterocycles. The standard InChI is InChI=1S/C25H32F3N5O4/c1-24(2,3)19(32-23(37)25(26,27)28)22(36)33-11-16-12-4-5-13(8-12)17(16)18(33)21(35)31-15(10-29)9-14-6-7-30-20(14)34/h4-5,12-19H,6-9,11H2,1-3H3,(H,30,34)(H,31,35)(H,32,37)/t12-,13+,14+,15+,16-,17+,18+,19-/m1/s1/i16D,17D. The van der Waals surface area contributed by atoms with Gasteiger partial charge in [0.05, 0.1) is 6.07 Å². The molecule has 0 radical (unpaired) electrons. The zero-order valence-corrected chi connectivity index (χ0v) is 20.8. The van der Waals surface area contributed by atoms with Gasteiger partial charge in [-0.25, -0.2) is 0 Å². The molecule has 0 spiro atoms. The van der Waals surface area contributed by atoms with E-state index < -0.39 is 83.5 Å². The molecule has 2 bridgehead atoms. The third-order valence-electron chi connectivity index (χ3n) is 7.58. The highest BCUT2D eigenvalue weighted by atomic mass is 19.4. The molecule has 37 heavy (non-hydrogen) atoms. The van der Waals surface area contributed by atoms with Crippen molar-refractivity contribution in [2.45, 2.75) is 64.3 Å². The number of carbonyl (C=O) groups is 4. The van der Waals surface area contributed by atoms with Crippen molar-refractivity contribution in [3.8, 4) is 6.07 Å². The summed E-state index contributed by atoms with van der Waals surface area (Å²) in [4.78, 5) is 52.4. The van der Waals surface area contributed by atoms with Crippen LogP contribution in [0, 0.1) is 46.3 Å². The van der Waals surface area contributed by atoms with Gasteiger partial charge in [-0.05, 0) is 48.3 Å². The van der Waals surface area contributed by atoms with Crippen molar-refractivity contribution in [2.75, 3.05) is 13.1 Å². The third kappa shape index (κ3) is 5.18. The van der Waals surface area contributed by atoms with Crippen LogP contribution in [0.3, 0.4) is 0 Å². The van der Waals surface area contributed by atoms with Crippen molar-refractivity contribution in [3.05, 3.63) is 12.2 Å². The maximum absolute atomic E-state index is 13.9. The molecule has 0 aromatic rings. The minimum absolute atomic E-state index is 0.00394. The average Bonchev–Trinajstić information content (AvgIpc) is 3.56. The molecule has 8 atom stereocenters. The van der Waals surface area contributed by atoms with Gasteiger partial charge < -0.3 is 20.9 Å². The molecule has 4 amide bonds. The molecule has 9 nitrogen and oxygen atoms in total. The van der Waals surface area contributed by atoms with Gasteiger partial charge in [-0.15, -0.1) is 0 Å². The lowest BCUT2D eigenvalue weighted by Gasteiger charge is -2.37. The molecular formula is C25H32F3N5O4. The van der Waals surface area contributed by atoms with Crippen LogP contribution in [0.4, 0.5) is 13.2 Å². The van der Waals surface area contributed by atoms with Crippen LogP contribution in [0.2, 0.25) is 0 Å². The van der Waals surface area contributed by atoms with E-state index >= 15 is 0 Å². The topological polar surface area (TPSA) is 131 Å². The van der Waals surface area contributed by atoms with Gasteiger partial charge in [-0.2, -0.15) is 18.4 Å². The van der Waals surface area contributed by atoms with Crippen molar-refractivity contribution in [3.63, 3.8) is 0 Å². The third-order valence-corrected chi connectivity index (χ3v) is 7.58. The van der Waals surface area contributed by atoms with Crippen molar-refractivity contribution in [1.29, 1.82) is 5.26 Å². The maximum atomic E-state index is 13.9. The molecule has 4 aliphatic rings. The second kappa shape index (κ2) is 9.65. The molecule has 4 rings (SSSR count). The molecule has 3 fully saturated rings. The van der Waals surface area contributed by atoms with Crippen molar-refractivity contribution in [2.24, 2.45) is 35.0 Å². The van der Waals surface area contributed by atoms with Crippen LogP contribution < -0.4 is 16.0 Å². The summed E-state index contributed by atoms with van der Waals surface area (Å²) in [6.07, 6.45) is -0.891. The minimum Gasteiger partial charge on any atom is -0.356 e. The van der Waals surface area contributed by atoms with Crippen molar-refractivity contribution >= 4 is 23.6 Å². The molecule has 12 heteroatoms. The number of nitrogens with one attached hydrogen (secondary N) is 3. The Kier molecular flexibility index (Phi) is 6.32. The smallest absolute Gasteiger partial charge is 0.356 e. The highest BCUT2D eigenvalue weighted by Gasteiger charge is 2.59. The van der Waals surface area contributed by atoms with E-state index in [1.54, 1.807) is 17.5 Å². The Morgan fingerprint density at radius 3 is 2.49 bits per heavy atom. The second-order valence-electron chi connectivity index (χ2n) is 11.2. The van der Waals surface area contributed by atoms with Gasteiger partial charge in [-0.1, -0.05) is 32.9 Å². The summed E-state index contributed by atoms with van der Waals surface area (Å²) in [6, 6.07) is -2.52. The summed E-state index contributed by atoms with van der Waals surface area (Å²) in [7, 11) is 0. The van der Waals surface area contributed by atoms with Gasteiger partial charge in [0.1, 0.15) is 18.1 Å². The zero-order valence-electron chi connectivity index (χ0n) is 22.8. The molecule has 0 aromatic carbocycles. The van der Waals surface area contributed by atoms with Crippen LogP contribution in [-0.4, -0.2) is 65.9 Å². The minimum atomic E-state index is -5.26. The molecule has 3 N–H and O–H groups in total. The lowest BCUT2D eigenvalue weighted by molar-refractivity contribution is -0.176. The monoisotopic (exact) mass is 525 g/mol. The fraction of sp³-hybridized carbons (Fsp3) is 0.720. The van der Waals surface area contributed by atoms with Crippen LogP contribution in [0.1, 0.15) is 42.8 Å². The number of allylic oxidation sites excluding steroid dienone is 2. The van der Waals surface area contributed by atoms with Gasteiger partial charge in [0.15, 0.2) is 0 Å². The Morgan fingerprint density at radius 1 is 1.24 bits per heavy atom. The first-order valence-electron chi connectivity index (χ1n) is 13.3. The number of fused-ring (bicyclic) bond motifs is 5. The van der Waals surface area contributed by atoms with Crippen LogP contribution in [-0.2, 0) is 19.2 Å². The number of nitrogens with zero attached hydrogens (tertiary/aromatic N) is 2. The molecule has 0 aromatic heterocycles. The van der Waals surface area contributed by atoms with E-state index in [4.69, 9.17) is 0 Å². The summed E-state index contributed by atoms with van der Waals surface area (Å²) >= 11 is 0. The molecular weight excluding hydrogens is 491 g/mol. The Morgan fingerprint density at radius 2 is 1.92 bits per heavy atom. The van der Waals surface area contributed by atoms with E-state index in [-0.39, 0.29) is 12.3 Å². The molecule has 2 aliphatic carbocycles. The lowest BCUT2D eigenvalue weighted by Crippen LogP contribution is -2.60. The summed E-state index contributed by atoms with van der Waals surface area (Å²) in [5, 5.41) is 16.6. The Labute approximate surface area is 216 Å². The maximum Gasteiger partial charge on any atom is 0.471 e. The highest BCUT2D eigenvalue weighted by molar-refractivity contribution is 5.94. The van der Waals surface area contributed by atoms with E-state index in [0.717, 1.165) is 4.90 Å². The number of halogens is 3. The number of amides is 4. The Hall–Kier alpha value is -3.10. The average molecular weight is 526 g/mol. The van der Waals surface area contributed by atoms with Gasteiger partial charge in [0.25, 0.3) is 0 Å². The summed E-state index contributed by atoms with van der Waals surface area (Å²) < 4.78 is 57.9. The largest absolute Gasteiger partial charge is 0.471 e. The van der Waals surface area contributed by atoms with Gasteiger partial charge in [0.2, 0.25) is 17.7 Å². The first-order valence-corrected chi connectivity index (χ1v) is 12.3. The van der Waals surface area contributed by atoms with Gasteiger partial charge >= 0.3 is 12.1 Å². The Bertz CT molecular complexity index is 1150. The van der Waals surface area contributed by atoms with E-state index in [9.17, 15) is 40.4 Å². The number of hydrogen-bond acceptors (Lipinski definition) is 5. The SMILES string of the molecule is [2H][C@]12[C@H]3C=C[C@H](C3)[C@@]1([2H])CN(C(=O)[C@@H](NC(=O)C(F)(F)F)C(C)(C)C)[C@@H]2C(=O)N[C@H](C#N)C[C@@H]1CCNC1=O. The van der Waals surface area contributed by atoms with Crippen LogP contribution in [0.25, 0.3) is 0 Å². The quantitative estimate of drug-likeness (QED) is 0.450. The van der Waals surface area contributed by atoms with Crippen molar-refractivity contribution < 1.29 is 35.1 Å². The predicted octanol–water partition coefficient (Wildman–Crippen LogP) is 1.26. The first-order chi connectivity index (χ1) is 17.9. The van der Waals surface area contributed by atoms with E-state index in [2.05, 4.69) is 10.6 Å². The first kappa shape index (κ1) is 24.2. The van der Waals surface area contributed by atoms with Crippen molar-refractivity contribution in [1.82, 2.24) is 20.9 Å². The Balaban J connectivity index is 1.67. The van der Waals surface area contributed by atoms with Gasteiger partial charge in [-0.3, -0.25) is 19.2 Å². The number of hydrogen-bond donors (Lipinski definition) is 3. The number of alkyl halides is 3. The van der Waals surface area contributed by atoms with Crippen LogP contribution >= 0.6 is 0 Å². The summed E-state index contributed by atoms with van der Waals surface area (Å²) in [5.41, 5.74) is -1.22. The lowest BCUT2D eigenvalue weighted by atomic mass is 9.81. The molecule has 202 valence electrons. The second-order valence-corrected chi connectivity index (χ2v) is 11.2. The van der Waals surface area contributed by atoms with E-state index in [1.165, 1.54) is 20.8 Å². The summed E-state index contributed by atoms with van der Waals surface area (Å²) in [6.45, 7) is 4.39. The normalized spacial score (nSPS) is 36.7. The zero-order chi connectivity index (χ0) is 29.1. The predicted molar refractivity (Wildman–Crippen MR) is 124 cm³/mol.